The van der Waals surface area contributed by atoms with Crippen molar-refractivity contribution in [1.29, 1.82) is 0 Å². The predicted molar refractivity (Wildman–Crippen MR) is 128 cm³/mol. The normalized spacial score (nSPS) is 11.9. The van der Waals surface area contributed by atoms with Crippen LogP contribution in [0.3, 0.4) is 0 Å². The Morgan fingerprint density at radius 3 is 2.18 bits per heavy atom. The van der Waals surface area contributed by atoms with Crippen LogP contribution >= 0.6 is 0 Å². The van der Waals surface area contributed by atoms with Gasteiger partial charge < -0.3 is 10.6 Å². The van der Waals surface area contributed by atoms with E-state index < -0.39 is 22.0 Å². The van der Waals surface area contributed by atoms with E-state index in [4.69, 9.17) is 0 Å². The minimum absolute atomic E-state index is 0.0133. The molecule has 0 radical (unpaired) electrons. The van der Waals surface area contributed by atoms with Crippen molar-refractivity contribution in [3.8, 4) is 0 Å². The van der Waals surface area contributed by atoms with E-state index in [-0.39, 0.29) is 22.9 Å². The first-order valence-corrected chi connectivity index (χ1v) is 12.1. The highest BCUT2D eigenvalue weighted by Gasteiger charge is 2.26. The SMILES string of the molecule is CCNC(=O)C(C)NC(=O)c1cccc(S(=O)(=O)N(Cc2ccccc2)c2ccccc2)c1. The summed E-state index contributed by atoms with van der Waals surface area (Å²) in [6, 6.07) is 23.2. The molecule has 0 saturated heterocycles. The van der Waals surface area contributed by atoms with E-state index >= 15 is 0 Å². The summed E-state index contributed by atoms with van der Waals surface area (Å²) in [6.07, 6.45) is 0. The number of para-hydroxylation sites is 1. The maximum Gasteiger partial charge on any atom is 0.264 e. The molecule has 0 aliphatic carbocycles. The summed E-state index contributed by atoms with van der Waals surface area (Å²) in [5, 5.41) is 5.24. The third-order valence-electron chi connectivity index (χ3n) is 4.99. The molecule has 0 fully saturated rings. The highest BCUT2D eigenvalue weighted by Crippen LogP contribution is 2.26. The number of hydrogen-bond donors (Lipinski definition) is 2. The molecule has 0 saturated carbocycles. The van der Waals surface area contributed by atoms with Gasteiger partial charge in [0.15, 0.2) is 0 Å². The number of likely N-dealkylation sites (N-methyl/N-ethyl adjacent to an activating group) is 1. The summed E-state index contributed by atoms with van der Waals surface area (Å²) in [6.45, 7) is 3.94. The molecule has 0 heterocycles. The summed E-state index contributed by atoms with van der Waals surface area (Å²) < 4.78 is 28.6. The number of sulfonamides is 1. The quantitative estimate of drug-likeness (QED) is 0.507. The third kappa shape index (κ3) is 5.98. The van der Waals surface area contributed by atoms with Gasteiger partial charge in [-0.1, -0.05) is 54.6 Å². The van der Waals surface area contributed by atoms with Crippen molar-refractivity contribution in [1.82, 2.24) is 10.6 Å². The van der Waals surface area contributed by atoms with Crippen LogP contribution in [0.5, 0.6) is 0 Å². The number of anilines is 1. The van der Waals surface area contributed by atoms with Crippen LogP contribution < -0.4 is 14.9 Å². The molecule has 0 aliphatic heterocycles. The van der Waals surface area contributed by atoms with Crippen LogP contribution in [0.15, 0.2) is 89.8 Å². The average Bonchev–Trinajstić information content (AvgIpc) is 2.83. The topological polar surface area (TPSA) is 95.6 Å². The Hall–Kier alpha value is -3.65. The molecule has 7 nitrogen and oxygen atoms in total. The molecule has 3 aromatic carbocycles. The van der Waals surface area contributed by atoms with Crippen LogP contribution in [-0.2, 0) is 21.4 Å². The van der Waals surface area contributed by atoms with Gasteiger partial charge in [-0.2, -0.15) is 0 Å². The Bertz CT molecular complexity index is 1200. The molecule has 33 heavy (non-hydrogen) atoms. The lowest BCUT2D eigenvalue weighted by Gasteiger charge is -2.25. The van der Waals surface area contributed by atoms with Gasteiger partial charge in [0.25, 0.3) is 15.9 Å². The van der Waals surface area contributed by atoms with Gasteiger partial charge in [-0.05, 0) is 49.7 Å². The minimum Gasteiger partial charge on any atom is -0.355 e. The summed E-state index contributed by atoms with van der Waals surface area (Å²) in [4.78, 5) is 24.6. The highest BCUT2D eigenvalue weighted by molar-refractivity contribution is 7.92. The van der Waals surface area contributed by atoms with E-state index in [9.17, 15) is 18.0 Å². The van der Waals surface area contributed by atoms with Gasteiger partial charge in [0.05, 0.1) is 17.1 Å². The van der Waals surface area contributed by atoms with E-state index in [2.05, 4.69) is 10.6 Å². The zero-order valence-corrected chi connectivity index (χ0v) is 19.4. The summed E-state index contributed by atoms with van der Waals surface area (Å²) in [5.41, 5.74) is 1.50. The molecular formula is C25H27N3O4S. The number of carbonyl (C=O) groups excluding carboxylic acids is 2. The van der Waals surface area contributed by atoms with Crippen LogP contribution in [0.4, 0.5) is 5.69 Å². The number of hydrogen-bond acceptors (Lipinski definition) is 4. The first-order valence-electron chi connectivity index (χ1n) is 10.6. The number of amides is 2. The summed E-state index contributed by atoms with van der Waals surface area (Å²) in [7, 11) is -3.99. The predicted octanol–water partition coefficient (Wildman–Crippen LogP) is 3.34. The van der Waals surface area contributed by atoms with Crippen molar-refractivity contribution in [3.63, 3.8) is 0 Å². The maximum atomic E-state index is 13.7. The van der Waals surface area contributed by atoms with E-state index in [1.807, 2.05) is 36.4 Å². The number of nitrogens with zero attached hydrogens (tertiary/aromatic N) is 1. The molecule has 8 heteroatoms. The second-order valence-corrected chi connectivity index (χ2v) is 9.31. The molecule has 2 N–H and O–H groups in total. The van der Waals surface area contributed by atoms with Gasteiger partial charge >= 0.3 is 0 Å². The van der Waals surface area contributed by atoms with E-state index in [1.54, 1.807) is 38.1 Å². The monoisotopic (exact) mass is 465 g/mol. The highest BCUT2D eigenvalue weighted by atomic mass is 32.2. The summed E-state index contributed by atoms with van der Waals surface area (Å²) >= 11 is 0. The molecule has 3 aromatic rings. The van der Waals surface area contributed by atoms with Crippen LogP contribution in [0, 0.1) is 0 Å². The number of rotatable bonds is 9. The Kier molecular flexibility index (Phi) is 7.84. The standard InChI is InChI=1S/C25H27N3O4S/c1-3-26-24(29)19(2)27-25(30)21-13-10-16-23(17-21)33(31,32)28(22-14-8-5-9-15-22)18-20-11-6-4-7-12-20/h4-17,19H,3,18H2,1-2H3,(H,26,29)(H,27,30). The Morgan fingerprint density at radius 2 is 1.55 bits per heavy atom. The van der Waals surface area contributed by atoms with Gasteiger partial charge in [-0.25, -0.2) is 8.42 Å². The lowest BCUT2D eigenvalue weighted by Crippen LogP contribution is -2.44. The average molecular weight is 466 g/mol. The minimum atomic E-state index is -3.99. The van der Waals surface area contributed by atoms with Crippen molar-refractivity contribution >= 4 is 27.5 Å². The van der Waals surface area contributed by atoms with E-state index in [0.29, 0.717) is 12.2 Å². The largest absolute Gasteiger partial charge is 0.355 e. The van der Waals surface area contributed by atoms with Crippen molar-refractivity contribution in [2.45, 2.75) is 31.3 Å². The second kappa shape index (κ2) is 10.8. The van der Waals surface area contributed by atoms with Gasteiger partial charge in [-0.3, -0.25) is 13.9 Å². The number of carbonyl (C=O) groups is 2. The van der Waals surface area contributed by atoms with E-state index in [0.717, 1.165) is 5.56 Å². The Balaban J connectivity index is 1.92. The van der Waals surface area contributed by atoms with Crippen molar-refractivity contribution in [2.75, 3.05) is 10.8 Å². The van der Waals surface area contributed by atoms with E-state index in [1.165, 1.54) is 28.6 Å². The molecular weight excluding hydrogens is 438 g/mol. The molecule has 2 amide bonds. The van der Waals surface area contributed by atoms with Gasteiger partial charge in [0.1, 0.15) is 6.04 Å². The van der Waals surface area contributed by atoms with Crippen LogP contribution in [0.25, 0.3) is 0 Å². The first-order chi connectivity index (χ1) is 15.8. The zero-order chi connectivity index (χ0) is 23.8. The lowest BCUT2D eigenvalue weighted by molar-refractivity contribution is -0.122. The fraction of sp³-hybridized carbons (Fsp3) is 0.200. The smallest absolute Gasteiger partial charge is 0.264 e. The molecule has 1 unspecified atom stereocenters. The fourth-order valence-corrected chi connectivity index (χ4v) is 4.76. The second-order valence-electron chi connectivity index (χ2n) is 7.45. The molecule has 0 aliphatic rings. The third-order valence-corrected chi connectivity index (χ3v) is 6.76. The molecule has 0 spiro atoms. The van der Waals surface area contributed by atoms with Crippen molar-refractivity contribution in [3.05, 3.63) is 96.1 Å². The van der Waals surface area contributed by atoms with Crippen LogP contribution in [0.1, 0.15) is 29.8 Å². The molecule has 0 aromatic heterocycles. The molecule has 172 valence electrons. The zero-order valence-electron chi connectivity index (χ0n) is 18.6. The maximum absolute atomic E-state index is 13.7. The first kappa shape index (κ1) is 24.0. The van der Waals surface area contributed by atoms with Gasteiger partial charge in [-0.15, -0.1) is 0 Å². The molecule has 1 atom stereocenters. The molecule has 3 rings (SSSR count). The summed E-state index contributed by atoms with van der Waals surface area (Å²) in [5.74, 6) is -0.840. The van der Waals surface area contributed by atoms with Gasteiger partial charge in [0, 0.05) is 12.1 Å². The number of nitrogens with one attached hydrogen (secondary N) is 2. The molecule has 0 bridgehead atoms. The van der Waals surface area contributed by atoms with Crippen molar-refractivity contribution < 1.29 is 18.0 Å². The van der Waals surface area contributed by atoms with Crippen LogP contribution in [-0.4, -0.2) is 32.8 Å². The Labute approximate surface area is 194 Å². The van der Waals surface area contributed by atoms with Gasteiger partial charge in [0.2, 0.25) is 5.91 Å². The lowest BCUT2D eigenvalue weighted by atomic mass is 10.2. The Morgan fingerprint density at radius 1 is 0.909 bits per heavy atom. The fourth-order valence-electron chi connectivity index (χ4n) is 3.26. The van der Waals surface area contributed by atoms with Crippen LogP contribution in [0.2, 0.25) is 0 Å². The van der Waals surface area contributed by atoms with Crippen molar-refractivity contribution in [2.24, 2.45) is 0 Å². The number of benzene rings is 3.